The Hall–Kier alpha value is -1.26. The summed E-state index contributed by atoms with van der Waals surface area (Å²) in [7, 11) is 0. The molecule has 4 heteroatoms. The lowest BCUT2D eigenvalue weighted by molar-refractivity contribution is 0.466. The van der Waals surface area contributed by atoms with Crippen LogP contribution in [0.2, 0.25) is 0 Å². The average molecular weight is 296 g/mol. The van der Waals surface area contributed by atoms with Gasteiger partial charge in [0.15, 0.2) is 4.67 Å². The lowest BCUT2D eigenvalue weighted by atomic mass is 10.1. The molecule has 0 unspecified atom stereocenters. The molecule has 0 amide bonds. The van der Waals surface area contributed by atoms with Crippen LogP contribution in [0.1, 0.15) is 11.3 Å². The van der Waals surface area contributed by atoms with Gasteiger partial charge in [0.2, 0.25) is 0 Å². The summed E-state index contributed by atoms with van der Waals surface area (Å²) in [6.45, 7) is 1.60. The van der Waals surface area contributed by atoms with Gasteiger partial charge in [-0.1, -0.05) is 12.1 Å². The summed E-state index contributed by atoms with van der Waals surface area (Å²) in [5, 5.41) is 12.4. The zero-order valence-electron chi connectivity index (χ0n) is 9.32. The molecule has 0 aliphatic carbocycles. The highest BCUT2D eigenvalue weighted by molar-refractivity contribution is 9.10. The number of phenolic OH excluding ortho intramolecular Hbond substituents is 1. The molecule has 0 saturated heterocycles. The predicted octanol–water partition coefficient (Wildman–Crippen LogP) is 3.08. The molecule has 0 radical (unpaired) electrons. The van der Waals surface area contributed by atoms with Crippen LogP contribution in [0.4, 0.5) is 0 Å². The summed E-state index contributed by atoms with van der Waals surface area (Å²) < 4.78 is 6.13. The first-order valence-corrected chi connectivity index (χ1v) is 6.26. The second-order valence-corrected chi connectivity index (χ2v) is 4.58. The maximum Gasteiger partial charge on any atom is 0.169 e. The molecular weight excluding hydrogens is 282 g/mol. The van der Waals surface area contributed by atoms with Crippen molar-refractivity contribution < 1.29 is 9.52 Å². The summed E-state index contributed by atoms with van der Waals surface area (Å²) >= 11 is 3.27. The molecule has 1 aromatic carbocycles. The average Bonchev–Trinajstić information content (AvgIpc) is 2.73. The molecule has 2 rings (SSSR count). The standard InChI is InChI=1S/C13H14BrNO2/c14-13-6-5-12(17-13)9-15-8-7-10-1-3-11(16)4-2-10/h1-6,15-16H,7-9H2. The highest BCUT2D eigenvalue weighted by Crippen LogP contribution is 2.13. The van der Waals surface area contributed by atoms with E-state index in [1.165, 1.54) is 5.56 Å². The number of aromatic hydroxyl groups is 1. The van der Waals surface area contributed by atoms with Crippen molar-refractivity contribution in [1.82, 2.24) is 5.32 Å². The van der Waals surface area contributed by atoms with Crippen LogP contribution in [-0.2, 0) is 13.0 Å². The molecule has 2 N–H and O–H groups in total. The van der Waals surface area contributed by atoms with Crippen molar-refractivity contribution in [2.45, 2.75) is 13.0 Å². The van der Waals surface area contributed by atoms with E-state index in [1.54, 1.807) is 12.1 Å². The molecule has 0 spiro atoms. The second-order valence-electron chi connectivity index (χ2n) is 3.80. The van der Waals surface area contributed by atoms with Gasteiger partial charge in [-0.15, -0.1) is 0 Å². The minimum atomic E-state index is 0.308. The highest BCUT2D eigenvalue weighted by Gasteiger charge is 1.98. The van der Waals surface area contributed by atoms with Gasteiger partial charge in [-0.25, -0.2) is 0 Å². The molecule has 3 nitrogen and oxygen atoms in total. The number of halogens is 1. The molecule has 1 aromatic heterocycles. The minimum Gasteiger partial charge on any atom is -0.508 e. The van der Waals surface area contributed by atoms with Crippen molar-refractivity contribution in [2.75, 3.05) is 6.54 Å². The molecule has 1 heterocycles. The van der Waals surface area contributed by atoms with E-state index < -0.39 is 0 Å². The van der Waals surface area contributed by atoms with E-state index in [1.807, 2.05) is 24.3 Å². The van der Waals surface area contributed by atoms with Gasteiger partial charge in [-0.2, -0.15) is 0 Å². The van der Waals surface area contributed by atoms with E-state index in [4.69, 9.17) is 9.52 Å². The van der Waals surface area contributed by atoms with Crippen molar-refractivity contribution in [3.63, 3.8) is 0 Å². The van der Waals surface area contributed by atoms with Crippen LogP contribution in [0.5, 0.6) is 5.75 Å². The van der Waals surface area contributed by atoms with E-state index in [0.29, 0.717) is 5.75 Å². The van der Waals surface area contributed by atoms with Gasteiger partial charge in [0.1, 0.15) is 11.5 Å². The van der Waals surface area contributed by atoms with Crippen molar-refractivity contribution in [2.24, 2.45) is 0 Å². The number of rotatable bonds is 5. The van der Waals surface area contributed by atoms with E-state index >= 15 is 0 Å². The van der Waals surface area contributed by atoms with Crippen LogP contribution in [0, 0.1) is 0 Å². The fraction of sp³-hybridized carbons (Fsp3) is 0.231. The molecule has 90 valence electrons. The smallest absolute Gasteiger partial charge is 0.169 e. The lowest BCUT2D eigenvalue weighted by Crippen LogP contribution is -2.16. The van der Waals surface area contributed by atoms with Gasteiger partial charge < -0.3 is 14.8 Å². The summed E-state index contributed by atoms with van der Waals surface area (Å²) in [6, 6.07) is 11.1. The minimum absolute atomic E-state index is 0.308. The van der Waals surface area contributed by atoms with Gasteiger partial charge in [0.05, 0.1) is 6.54 Å². The van der Waals surface area contributed by atoms with Crippen LogP contribution in [0.25, 0.3) is 0 Å². The van der Waals surface area contributed by atoms with Gasteiger partial charge in [0.25, 0.3) is 0 Å². The van der Waals surface area contributed by atoms with Crippen LogP contribution < -0.4 is 5.32 Å². The molecule has 0 atom stereocenters. The fourth-order valence-corrected chi connectivity index (χ4v) is 1.89. The third-order valence-electron chi connectivity index (χ3n) is 2.45. The maximum absolute atomic E-state index is 9.15. The SMILES string of the molecule is Oc1ccc(CCNCc2ccc(Br)o2)cc1. The number of hydrogen-bond donors (Lipinski definition) is 2. The van der Waals surface area contributed by atoms with E-state index in [9.17, 15) is 0 Å². The Labute approximate surface area is 109 Å². The van der Waals surface area contributed by atoms with Gasteiger partial charge in [-0.3, -0.25) is 0 Å². The second kappa shape index (κ2) is 5.89. The molecule has 17 heavy (non-hydrogen) atoms. The lowest BCUT2D eigenvalue weighted by Gasteiger charge is -2.03. The number of phenols is 1. The number of nitrogens with one attached hydrogen (secondary N) is 1. The molecule has 0 bridgehead atoms. The quantitative estimate of drug-likeness (QED) is 0.833. The fourth-order valence-electron chi connectivity index (χ4n) is 1.55. The number of benzene rings is 1. The van der Waals surface area contributed by atoms with Gasteiger partial charge in [0, 0.05) is 0 Å². The summed E-state index contributed by atoms with van der Waals surface area (Å²) in [4.78, 5) is 0. The van der Waals surface area contributed by atoms with Crippen LogP contribution in [0.15, 0.2) is 45.5 Å². The maximum atomic E-state index is 9.15. The normalized spacial score (nSPS) is 10.6. The topological polar surface area (TPSA) is 45.4 Å². The molecule has 2 aromatic rings. The number of furan rings is 1. The Morgan fingerprint density at radius 3 is 2.53 bits per heavy atom. The monoisotopic (exact) mass is 295 g/mol. The molecule has 0 aliphatic rings. The molecule has 0 saturated carbocycles. The Bertz CT molecular complexity index is 465. The zero-order valence-corrected chi connectivity index (χ0v) is 10.9. The van der Waals surface area contributed by atoms with E-state index in [-0.39, 0.29) is 0 Å². The Balaban J connectivity index is 1.71. The first-order chi connectivity index (χ1) is 8.24. The van der Waals surface area contributed by atoms with Crippen molar-refractivity contribution in [3.05, 3.63) is 52.4 Å². The largest absolute Gasteiger partial charge is 0.508 e. The summed E-state index contributed by atoms with van der Waals surface area (Å²) in [5.41, 5.74) is 1.20. The van der Waals surface area contributed by atoms with Crippen molar-refractivity contribution >= 4 is 15.9 Å². The van der Waals surface area contributed by atoms with Gasteiger partial charge in [-0.05, 0) is 58.7 Å². The highest BCUT2D eigenvalue weighted by atomic mass is 79.9. The van der Waals surface area contributed by atoms with Gasteiger partial charge >= 0.3 is 0 Å². The molecular formula is C13H14BrNO2. The zero-order chi connectivity index (χ0) is 12.1. The summed E-state index contributed by atoms with van der Waals surface area (Å²) in [6.07, 6.45) is 0.933. The van der Waals surface area contributed by atoms with Crippen molar-refractivity contribution in [3.8, 4) is 5.75 Å². The Morgan fingerprint density at radius 2 is 1.88 bits per heavy atom. The van der Waals surface area contributed by atoms with Crippen LogP contribution in [0.3, 0.4) is 0 Å². The van der Waals surface area contributed by atoms with Crippen LogP contribution >= 0.6 is 15.9 Å². The predicted molar refractivity (Wildman–Crippen MR) is 69.9 cm³/mol. The first-order valence-electron chi connectivity index (χ1n) is 5.47. The summed E-state index contributed by atoms with van der Waals surface area (Å²) in [5.74, 6) is 1.23. The van der Waals surface area contributed by atoms with Crippen LogP contribution in [-0.4, -0.2) is 11.7 Å². The van der Waals surface area contributed by atoms with E-state index in [0.717, 1.165) is 29.9 Å². The molecule has 0 aliphatic heterocycles. The van der Waals surface area contributed by atoms with Crippen molar-refractivity contribution in [1.29, 1.82) is 0 Å². The Kier molecular flexibility index (Phi) is 4.23. The third-order valence-corrected chi connectivity index (χ3v) is 2.88. The number of hydrogen-bond acceptors (Lipinski definition) is 3. The third kappa shape index (κ3) is 3.91. The first kappa shape index (κ1) is 12.2. The molecule has 0 fully saturated rings. The Morgan fingerprint density at radius 1 is 1.12 bits per heavy atom. The van der Waals surface area contributed by atoms with E-state index in [2.05, 4.69) is 21.2 Å².